The summed E-state index contributed by atoms with van der Waals surface area (Å²) in [6.45, 7) is 12.6. The van der Waals surface area contributed by atoms with E-state index in [0.29, 0.717) is 53.4 Å². The zero-order valence-electron chi connectivity index (χ0n) is 30.4. The van der Waals surface area contributed by atoms with Crippen LogP contribution in [-0.4, -0.2) is 49.1 Å². The van der Waals surface area contributed by atoms with Crippen LogP contribution in [0.5, 0.6) is 23.0 Å². The molecule has 0 fully saturated rings. The number of anilines is 2. The normalized spacial score (nSPS) is 10.9. The fourth-order valence-electron chi connectivity index (χ4n) is 5.39. The molecule has 0 spiro atoms. The molecule has 8 heteroatoms. The molecule has 0 saturated carbocycles. The van der Waals surface area contributed by atoms with E-state index in [1.165, 1.54) is 12.2 Å². The number of ether oxygens (including phenoxy) is 2. The fraction of sp³-hybridized carbons (Fsp3) is 0.286. The number of aryl methyl sites for hydroxylation is 4. The van der Waals surface area contributed by atoms with Crippen molar-refractivity contribution < 1.29 is 29.3 Å². The van der Waals surface area contributed by atoms with E-state index in [0.717, 1.165) is 40.0 Å². The molecule has 8 nitrogen and oxygen atoms in total. The van der Waals surface area contributed by atoms with Gasteiger partial charge in [-0.25, -0.2) is 0 Å². The zero-order valence-corrected chi connectivity index (χ0v) is 30.4. The van der Waals surface area contributed by atoms with Crippen molar-refractivity contribution in [2.75, 3.05) is 37.9 Å². The number of benzene rings is 4. The maximum atomic E-state index is 12.5. The van der Waals surface area contributed by atoms with Gasteiger partial charge in [0.15, 0.2) is 11.6 Å². The van der Waals surface area contributed by atoms with E-state index in [9.17, 15) is 19.8 Å². The molecule has 4 N–H and O–H groups in total. The molecule has 0 radical (unpaired) electrons. The number of phenols is 2. The molecule has 0 heterocycles. The molecule has 0 bridgehead atoms. The second-order valence-corrected chi connectivity index (χ2v) is 11.5. The number of rotatable bonds is 14. The topological polar surface area (TPSA) is 117 Å². The molecule has 4 aromatic rings. The van der Waals surface area contributed by atoms with Gasteiger partial charge in [-0.1, -0.05) is 13.8 Å². The first-order chi connectivity index (χ1) is 24.0. The van der Waals surface area contributed by atoms with E-state index in [1.807, 2.05) is 85.1 Å². The Balaban J connectivity index is 0.000000271. The highest BCUT2D eigenvalue weighted by molar-refractivity contribution is 6.08. The summed E-state index contributed by atoms with van der Waals surface area (Å²) < 4.78 is 11.4. The summed E-state index contributed by atoms with van der Waals surface area (Å²) in [5, 5.41) is 27.0. The van der Waals surface area contributed by atoms with Crippen molar-refractivity contribution in [3.05, 3.63) is 117 Å². The Bertz CT molecular complexity index is 1820. The van der Waals surface area contributed by atoms with Gasteiger partial charge in [-0.2, -0.15) is 0 Å². The number of hydrogen-bond donors (Lipinski definition) is 4. The molecule has 4 aromatic carbocycles. The van der Waals surface area contributed by atoms with E-state index >= 15 is 0 Å². The highest BCUT2D eigenvalue weighted by Crippen LogP contribution is 2.38. The number of hydrogen-bond acceptors (Lipinski definition) is 8. The van der Waals surface area contributed by atoms with Crippen LogP contribution in [-0.2, 0) is 12.8 Å². The summed E-state index contributed by atoms with van der Waals surface area (Å²) in [4.78, 5) is 24.8. The smallest absolute Gasteiger partial charge is 0.185 e. The van der Waals surface area contributed by atoms with Crippen molar-refractivity contribution in [3.8, 4) is 23.0 Å². The average molecular weight is 679 g/mol. The lowest BCUT2D eigenvalue weighted by Gasteiger charge is -2.16. The van der Waals surface area contributed by atoms with Gasteiger partial charge in [0.25, 0.3) is 0 Å². The van der Waals surface area contributed by atoms with Gasteiger partial charge < -0.3 is 30.3 Å². The number of aromatic hydroxyl groups is 2. The predicted octanol–water partition coefficient (Wildman–Crippen LogP) is 9.20. The van der Waals surface area contributed by atoms with E-state index in [4.69, 9.17) is 9.47 Å². The first-order valence-corrected chi connectivity index (χ1v) is 17.0. The van der Waals surface area contributed by atoms with Crippen LogP contribution >= 0.6 is 0 Å². The van der Waals surface area contributed by atoms with Crippen LogP contribution in [0.4, 0.5) is 11.4 Å². The van der Waals surface area contributed by atoms with Crippen LogP contribution in [0.3, 0.4) is 0 Å². The minimum absolute atomic E-state index is 0.116. The van der Waals surface area contributed by atoms with E-state index in [1.54, 1.807) is 36.4 Å². The number of carbonyl (C=O) groups is 2. The molecular weight excluding hydrogens is 628 g/mol. The largest absolute Gasteiger partial charge is 0.507 e. The minimum atomic E-state index is -0.126. The van der Waals surface area contributed by atoms with Crippen LogP contribution in [0, 0.1) is 13.8 Å². The molecule has 0 saturated heterocycles. The summed E-state index contributed by atoms with van der Waals surface area (Å²) in [6, 6.07) is 18.4. The molecule has 0 aromatic heterocycles. The third-order valence-electron chi connectivity index (χ3n) is 8.17. The molecule has 0 atom stereocenters. The Morgan fingerprint density at radius 1 is 0.620 bits per heavy atom. The standard InChI is InChI=1S/C22H27NO3.C20H23NO3/c1-5-15-14-16(6-2)22(26-7-3)19(21(15)25)12-13-20(24)17-8-10-18(23-4)11-9-17;1-5-24-20-14(3)12-13(2)19(23)17(20)10-11-18(22)15-6-8-16(21-4)9-7-15/h8-14,23,25H,5-7H2,1-4H3;6-12,21,23H,5H2,1-4H3/b13-12+;11-10+. The van der Waals surface area contributed by atoms with Gasteiger partial charge in [0.1, 0.15) is 23.0 Å². The highest BCUT2D eigenvalue weighted by atomic mass is 16.5. The van der Waals surface area contributed by atoms with Crippen LogP contribution in [0.15, 0.2) is 72.8 Å². The van der Waals surface area contributed by atoms with E-state index in [-0.39, 0.29) is 23.1 Å². The molecule has 0 aliphatic rings. The molecule has 0 amide bonds. The number of phenolic OH excluding ortho intramolecular Hbond substituents is 2. The van der Waals surface area contributed by atoms with Crippen molar-refractivity contribution in [1.82, 2.24) is 0 Å². The molecule has 0 aliphatic carbocycles. The molecule has 50 heavy (non-hydrogen) atoms. The predicted molar refractivity (Wildman–Crippen MR) is 205 cm³/mol. The average Bonchev–Trinajstić information content (AvgIpc) is 3.13. The van der Waals surface area contributed by atoms with Crippen molar-refractivity contribution in [1.29, 1.82) is 0 Å². The maximum absolute atomic E-state index is 12.5. The lowest BCUT2D eigenvalue weighted by Crippen LogP contribution is -2.02. The van der Waals surface area contributed by atoms with Crippen molar-refractivity contribution >= 4 is 35.1 Å². The summed E-state index contributed by atoms with van der Waals surface area (Å²) in [6.07, 6.45) is 7.74. The zero-order chi connectivity index (χ0) is 36.8. The van der Waals surface area contributed by atoms with Gasteiger partial charge in [-0.05, 0) is 148 Å². The van der Waals surface area contributed by atoms with Gasteiger partial charge in [-0.3, -0.25) is 9.59 Å². The van der Waals surface area contributed by atoms with Gasteiger partial charge in [0.2, 0.25) is 0 Å². The Morgan fingerprint density at radius 3 is 1.48 bits per heavy atom. The fourth-order valence-corrected chi connectivity index (χ4v) is 5.39. The van der Waals surface area contributed by atoms with Crippen LogP contribution < -0.4 is 20.1 Å². The van der Waals surface area contributed by atoms with Gasteiger partial charge >= 0.3 is 0 Å². The van der Waals surface area contributed by atoms with Crippen molar-refractivity contribution in [2.45, 2.75) is 54.4 Å². The molecular formula is C42H50N2O6. The van der Waals surface area contributed by atoms with E-state index < -0.39 is 0 Å². The number of carbonyl (C=O) groups excluding carboxylic acids is 2. The molecule has 4 rings (SSSR count). The SMILES string of the molecule is CCOc1c(C)cc(C)c(O)c1/C=C/C(=O)c1ccc(NC)cc1.CCOc1c(CC)cc(CC)c(O)c1/C=C/C(=O)c1ccc(NC)cc1. The Kier molecular flexibility index (Phi) is 14.7. The summed E-state index contributed by atoms with van der Waals surface area (Å²) in [5.74, 6) is 1.34. The second kappa shape index (κ2) is 18.9. The Hall–Kier alpha value is -5.50. The maximum Gasteiger partial charge on any atom is 0.185 e. The lowest BCUT2D eigenvalue weighted by atomic mass is 9.98. The van der Waals surface area contributed by atoms with Crippen molar-refractivity contribution in [2.24, 2.45) is 0 Å². The lowest BCUT2D eigenvalue weighted by molar-refractivity contribution is 0.103. The Labute approximate surface area is 296 Å². The number of ketones is 2. The third-order valence-corrected chi connectivity index (χ3v) is 8.17. The quantitative estimate of drug-likeness (QED) is 0.0771. The number of allylic oxidation sites excluding steroid dienone is 2. The van der Waals surface area contributed by atoms with Crippen LogP contribution in [0.25, 0.3) is 12.2 Å². The van der Waals surface area contributed by atoms with E-state index in [2.05, 4.69) is 17.6 Å². The van der Waals surface area contributed by atoms with Gasteiger partial charge in [0.05, 0.1) is 24.3 Å². The van der Waals surface area contributed by atoms with Crippen LogP contribution in [0.2, 0.25) is 0 Å². The van der Waals surface area contributed by atoms with Gasteiger partial charge in [0, 0.05) is 36.6 Å². The van der Waals surface area contributed by atoms with Crippen LogP contribution in [0.1, 0.15) is 81.8 Å². The minimum Gasteiger partial charge on any atom is -0.507 e. The van der Waals surface area contributed by atoms with Gasteiger partial charge in [-0.15, -0.1) is 0 Å². The second-order valence-electron chi connectivity index (χ2n) is 11.5. The molecule has 264 valence electrons. The monoisotopic (exact) mass is 678 g/mol. The number of nitrogens with one attached hydrogen (secondary N) is 2. The summed E-state index contributed by atoms with van der Waals surface area (Å²) >= 11 is 0. The Morgan fingerprint density at radius 2 is 1.06 bits per heavy atom. The summed E-state index contributed by atoms with van der Waals surface area (Å²) in [7, 11) is 3.66. The first kappa shape index (κ1) is 38.9. The highest BCUT2D eigenvalue weighted by Gasteiger charge is 2.17. The molecule has 0 unspecified atom stereocenters. The third kappa shape index (κ3) is 9.78. The first-order valence-electron chi connectivity index (χ1n) is 17.0. The summed E-state index contributed by atoms with van der Waals surface area (Å²) in [5.41, 5.74) is 7.76. The van der Waals surface area contributed by atoms with Crippen molar-refractivity contribution in [3.63, 3.8) is 0 Å². The molecule has 0 aliphatic heterocycles.